The number of ketones is 1. The standard InChI is InChI=1S/C30H38O7/c1-19(31)28(34)15-16-30(36)27(28,3)24(37-25(33)10-9-20-7-5-4-6-8-20)18-23-26(2)13-12-22(32)17-21(26)11-14-29(23,30)35/h4-11,22-24,32,34-36H,12-18H2,1-3H3/b10-9+/t22-,23+,24+,26-,27+,28+,29-,30+/m0/s1. The summed E-state index contributed by atoms with van der Waals surface area (Å²) in [5, 5.41) is 46.8. The van der Waals surface area contributed by atoms with Crippen LogP contribution in [-0.4, -0.2) is 61.2 Å². The van der Waals surface area contributed by atoms with Gasteiger partial charge in [-0.3, -0.25) is 4.79 Å². The van der Waals surface area contributed by atoms with Crippen molar-refractivity contribution >= 4 is 17.8 Å². The number of hydrogen-bond acceptors (Lipinski definition) is 7. The van der Waals surface area contributed by atoms with Crippen LogP contribution in [0.4, 0.5) is 0 Å². The van der Waals surface area contributed by atoms with Gasteiger partial charge in [0.1, 0.15) is 22.9 Å². The molecule has 5 rings (SSSR count). The van der Waals surface area contributed by atoms with Gasteiger partial charge >= 0.3 is 5.97 Å². The molecular formula is C30H38O7. The molecule has 0 spiro atoms. The number of carbonyl (C=O) groups excluding carboxylic acids is 2. The lowest BCUT2D eigenvalue weighted by molar-refractivity contribution is -0.314. The molecule has 0 aromatic heterocycles. The van der Waals surface area contributed by atoms with E-state index in [0.717, 1.165) is 11.1 Å². The summed E-state index contributed by atoms with van der Waals surface area (Å²) in [6, 6.07) is 9.29. The van der Waals surface area contributed by atoms with Crippen molar-refractivity contribution in [3.63, 3.8) is 0 Å². The van der Waals surface area contributed by atoms with Gasteiger partial charge in [-0.1, -0.05) is 48.9 Å². The number of aliphatic hydroxyl groups is 4. The van der Waals surface area contributed by atoms with Crippen molar-refractivity contribution in [2.45, 2.75) is 94.7 Å². The molecule has 4 aliphatic rings. The molecule has 1 aromatic carbocycles. The minimum absolute atomic E-state index is 0.00234. The Bertz CT molecular complexity index is 1160. The fourth-order valence-corrected chi connectivity index (χ4v) is 8.28. The predicted molar refractivity (Wildman–Crippen MR) is 137 cm³/mol. The molecular weight excluding hydrogens is 472 g/mol. The molecule has 0 amide bonds. The lowest BCUT2D eigenvalue weighted by atomic mass is 9.42. The summed E-state index contributed by atoms with van der Waals surface area (Å²) < 4.78 is 6.00. The SMILES string of the molecule is CC(=O)[C@]1(O)CC[C@@]2(O)[C@]1(C)[C@H](OC(=O)/C=C/c1ccccc1)C[C@@H]1[C@@]3(C)CC[C@H](O)CC3=CC[C@]12O. The number of carbonyl (C=O) groups is 2. The van der Waals surface area contributed by atoms with Crippen LogP contribution in [0.15, 0.2) is 48.1 Å². The van der Waals surface area contributed by atoms with Crippen LogP contribution >= 0.6 is 0 Å². The van der Waals surface area contributed by atoms with Crippen molar-refractivity contribution < 1.29 is 34.8 Å². The third-order valence-electron chi connectivity index (χ3n) is 10.6. The maximum Gasteiger partial charge on any atom is 0.331 e. The van der Waals surface area contributed by atoms with E-state index in [1.54, 1.807) is 13.0 Å². The summed E-state index contributed by atoms with van der Waals surface area (Å²) >= 11 is 0. The Morgan fingerprint density at radius 2 is 1.76 bits per heavy atom. The smallest absolute Gasteiger partial charge is 0.331 e. The monoisotopic (exact) mass is 510 g/mol. The second kappa shape index (κ2) is 8.60. The summed E-state index contributed by atoms with van der Waals surface area (Å²) in [6.07, 6.45) is 5.37. The van der Waals surface area contributed by atoms with Crippen molar-refractivity contribution in [3.05, 3.63) is 53.6 Å². The Kier molecular flexibility index (Phi) is 6.11. The van der Waals surface area contributed by atoms with Crippen molar-refractivity contribution in [3.8, 4) is 0 Å². The first kappa shape index (κ1) is 26.3. The zero-order valence-corrected chi connectivity index (χ0v) is 21.8. The summed E-state index contributed by atoms with van der Waals surface area (Å²) in [7, 11) is 0. The molecule has 0 aliphatic heterocycles. The van der Waals surface area contributed by atoms with Crippen molar-refractivity contribution in [2.75, 3.05) is 0 Å². The highest BCUT2D eigenvalue weighted by Gasteiger charge is 2.81. The second-order valence-corrected chi connectivity index (χ2v) is 12.1. The molecule has 0 bridgehead atoms. The lowest BCUT2D eigenvalue weighted by Gasteiger charge is -2.67. The minimum atomic E-state index is -1.97. The lowest BCUT2D eigenvalue weighted by Crippen LogP contribution is -2.78. The van der Waals surface area contributed by atoms with Gasteiger partial charge in [-0.2, -0.15) is 0 Å². The summed E-state index contributed by atoms with van der Waals surface area (Å²) in [6.45, 7) is 4.91. The van der Waals surface area contributed by atoms with Crippen LogP contribution in [0, 0.1) is 16.7 Å². The number of fused-ring (bicyclic) bond motifs is 5. The highest BCUT2D eigenvalue weighted by atomic mass is 16.5. The zero-order chi connectivity index (χ0) is 26.9. The summed E-state index contributed by atoms with van der Waals surface area (Å²) in [5.74, 6) is -1.65. The van der Waals surface area contributed by atoms with Crippen molar-refractivity contribution in [2.24, 2.45) is 16.7 Å². The molecule has 0 heterocycles. The van der Waals surface area contributed by atoms with Gasteiger partial charge in [0.25, 0.3) is 0 Å². The first-order valence-electron chi connectivity index (χ1n) is 13.3. The van der Waals surface area contributed by atoms with E-state index in [9.17, 15) is 30.0 Å². The van der Waals surface area contributed by atoms with Crippen LogP contribution in [0.25, 0.3) is 6.08 Å². The Balaban J connectivity index is 1.58. The van der Waals surface area contributed by atoms with Crippen LogP contribution in [0.2, 0.25) is 0 Å². The number of ether oxygens (including phenoxy) is 1. The number of aliphatic hydroxyl groups excluding tert-OH is 1. The maximum atomic E-state index is 13.1. The van der Waals surface area contributed by atoms with Gasteiger partial charge in [0.2, 0.25) is 0 Å². The van der Waals surface area contributed by atoms with Crippen LogP contribution in [0.5, 0.6) is 0 Å². The van der Waals surface area contributed by atoms with E-state index in [1.807, 2.05) is 43.3 Å². The average molecular weight is 511 g/mol. The van der Waals surface area contributed by atoms with E-state index in [0.29, 0.717) is 19.3 Å². The normalized spacial score (nSPS) is 44.9. The molecule has 200 valence electrons. The Morgan fingerprint density at radius 1 is 1.05 bits per heavy atom. The van der Waals surface area contributed by atoms with Crippen LogP contribution in [0.3, 0.4) is 0 Å². The number of benzene rings is 1. The molecule has 37 heavy (non-hydrogen) atoms. The molecule has 3 fully saturated rings. The van der Waals surface area contributed by atoms with Gasteiger partial charge in [-0.05, 0) is 75.8 Å². The summed E-state index contributed by atoms with van der Waals surface area (Å²) in [4.78, 5) is 25.9. The van der Waals surface area contributed by atoms with Gasteiger partial charge in [0.15, 0.2) is 5.78 Å². The van der Waals surface area contributed by atoms with Gasteiger partial charge in [-0.25, -0.2) is 4.79 Å². The van der Waals surface area contributed by atoms with E-state index >= 15 is 0 Å². The highest BCUT2D eigenvalue weighted by Crippen LogP contribution is 2.70. The molecule has 1 aromatic rings. The van der Waals surface area contributed by atoms with Crippen molar-refractivity contribution in [1.29, 1.82) is 0 Å². The number of rotatable bonds is 4. The molecule has 0 radical (unpaired) electrons. The predicted octanol–water partition coefficient (Wildman–Crippen LogP) is 3.10. The number of hydrogen-bond donors (Lipinski definition) is 4. The van der Waals surface area contributed by atoms with E-state index in [1.165, 1.54) is 13.0 Å². The molecule has 4 N–H and O–H groups in total. The molecule has 7 nitrogen and oxygen atoms in total. The van der Waals surface area contributed by atoms with Crippen molar-refractivity contribution in [1.82, 2.24) is 0 Å². The highest BCUT2D eigenvalue weighted by molar-refractivity contribution is 5.88. The molecule has 0 saturated heterocycles. The van der Waals surface area contributed by atoms with Gasteiger partial charge in [0.05, 0.1) is 11.5 Å². The number of esters is 1. The molecule has 0 unspecified atom stereocenters. The fraction of sp³-hybridized carbons (Fsp3) is 0.600. The minimum Gasteiger partial charge on any atom is -0.458 e. The molecule has 8 atom stereocenters. The van der Waals surface area contributed by atoms with E-state index < -0.39 is 57.5 Å². The van der Waals surface area contributed by atoms with Crippen LogP contribution in [-0.2, 0) is 14.3 Å². The van der Waals surface area contributed by atoms with Gasteiger partial charge in [-0.15, -0.1) is 0 Å². The first-order valence-corrected chi connectivity index (χ1v) is 13.3. The van der Waals surface area contributed by atoms with E-state index in [2.05, 4.69) is 0 Å². The molecule has 3 saturated carbocycles. The number of Topliss-reactive ketones (excluding diaryl/α,β-unsaturated/α-hetero) is 1. The van der Waals surface area contributed by atoms with Crippen LogP contribution < -0.4 is 0 Å². The first-order chi connectivity index (χ1) is 17.3. The largest absolute Gasteiger partial charge is 0.458 e. The van der Waals surface area contributed by atoms with Gasteiger partial charge < -0.3 is 25.2 Å². The quantitative estimate of drug-likeness (QED) is 0.279. The van der Waals surface area contributed by atoms with Gasteiger partial charge in [0, 0.05) is 12.0 Å². The molecule has 4 aliphatic carbocycles. The average Bonchev–Trinajstić information content (AvgIpc) is 3.10. The third-order valence-corrected chi connectivity index (χ3v) is 10.6. The Labute approximate surface area is 217 Å². The summed E-state index contributed by atoms with van der Waals surface area (Å²) in [5.41, 5.74) is -5.76. The molecule has 7 heteroatoms. The second-order valence-electron chi connectivity index (χ2n) is 12.1. The van der Waals surface area contributed by atoms with E-state index in [-0.39, 0.29) is 25.7 Å². The van der Waals surface area contributed by atoms with Crippen LogP contribution in [0.1, 0.15) is 71.3 Å². The fourth-order valence-electron chi connectivity index (χ4n) is 8.28. The Morgan fingerprint density at radius 3 is 2.43 bits per heavy atom. The third kappa shape index (κ3) is 3.47. The Hall–Kier alpha value is -2.32. The maximum absolute atomic E-state index is 13.1. The zero-order valence-electron chi connectivity index (χ0n) is 21.8. The van der Waals surface area contributed by atoms with E-state index in [4.69, 9.17) is 4.74 Å². The topological polar surface area (TPSA) is 124 Å².